The van der Waals surface area contributed by atoms with Gasteiger partial charge in [-0.15, -0.1) is 11.3 Å². The lowest BCUT2D eigenvalue weighted by Crippen LogP contribution is -2.33. The van der Waals surface area contributed by atoms with Gasteiger partial charge >= 0.3 is 0 Å². The fraction of sp³-hybridized carbons (Fsp3) is 0.250. The third-order valence-corrected chi connectivity index (χ3v) is 5.62. The Morgan fingerprint density at radius 3 is 2.73 bits per heavy atom. The van der Waals surface area contributed by atoms with Gasteiger partial charge in [0, 0.05) is 17.5 Å². The average molecular weight is 365 g/mol. The van der Waals surface area contributed by atoms with Crippen LogP contribution in [0, 0.1) is 0 Å². The fourth-order valence-electron chi connectivity index (χ4n) is 3.37. The molecule has 26 heavy (non-hydrogen) atoms. The Labute approximate surface area is 155 Å². The van der Waals surface area contributed by atoms with Crippen molar-refractivity contribution in [2.45, 2.75) is 25.4 Å². The Balaban J connectivity index is 1.60. The highest BCUT2D eigenvalue weighted by molar-refractivity contribution is 7.10. The maximum Gasteiger partial charge on any atom is 0.274 e. The maximum absolute atomic E-state index is 13.0. The van der Waals surface area contributed by atoms with Crippen LogP contribution < -0.4 is 5.56 Å². The molecule has 0 radical (unpaired) electrons. The first-order chi connectivity index (χ1) is 12.7. The van der Waals surface area contributed by atoms with Gasteiger partial charge in [-0.25, -0.2) is 4.68 Å². The van der Waals surface area contributed by atoms with Crippen LogP contribution in [0.2, 0.25) is 0 Å². The van der Waals surface area contributed by atoms with E-state index in [2.05, 4.69) is 11.2 Å². The summed E-state index contributed by atoms with van der Waals surface area (Å²) in [6.07, 6.45) is 1.95. The first-order valence-corrected chi connectivity index (χ1v) is 9.57. The molecule has 0 bridgehead atoms. The number of amides is 1. The monoisotopic (exact) mass is 365 g/mol. The van der Waals surface area contributed by atoms with E-state index in [0.717, 1.165) is 24.9 Å². The number of likely N-dealkylation sites (tertiary alicyclic amines) is 1. The van der Waals surface area contributed by atoms with E-state index in [1.807, 2.05) is 46.7 Å². The number of nitrogens with zero attached hydrogens (tertiary/aromatic N) is 3. The highest BCUT2D eigenvalue weighted by atomic mass is 32.1. The molecule has 1 unspecified atom stereocenters. The van der Waals surface area contributed by atoms with Gasteiger partial charge in [0.2, 0.25) is 0 Å². The average Bonchev–Trinajstić information content (AvgIpc) is 3.35. The van der Waals surface area contributed by atoms with E-state index in [0.29, 0.717) is 12.2 Å². The summed E-state index contributed by atoms with van der Waals surface area (Å²) >= 11 is 1.67. The minimum absolute atomic E-state index is 0.109. The zero-order valence-electron chi connectivity index (χ0n) is 14.2. The van der Waals surface area contributed by atoms with E-state index in [4.69, 9.17) is 0 Å². The van der Waals surface area contributed by atoms with Crippen molar-refractivity contribution in [2.75, 3.05) is 6.54 Å². The van der Waals surface area contributed by atoms with Crippen molar-refractivity contribution >= 4 is 17.2 Å². The molecule has 132 valence electrons. The van der Waals surface area contributed by atoms with Gasteiger partial charge in [0.15, 0.2) is 0 Å². The van der Waals surface area contributed by atoms with E-state index < -0.39 is 0 Å². The molecule has 2 aromatic heterocycles. The number of aromatic nitrogens is 2. The van der Waals surface area contributed by atoms with Crippen LogP contribution in [0.3, 0.4) is 0 Å². The third-order valence-electron chi connectivity index (χ3n) is 4.65. The predicted molar refractivity (Wildman–Crippen MR) is 101 cm³/mol. The number of carbonyl (C=O) groups excluding carboxylic acids is 1. The van der Waals surface area contributed by atoms with E-state index in [1.165, 1.54) is 21.7 Å². The number of hydrogen-bond donors (Lipinski definition) is 0. The van der Waals surface area contributed by atoms with Gasteiger partial charge in [-0.2, -0.15) is 5.10 Å². The van der Waals surface area contributed by atoms with Crippen LogP contribution in [-0.4, -0.2) is 27.1 Å². The molecule has 1 aliphatic heterocycles. The minimum Gasteiger partial charge on any atom is -0.329 e. The molecule has 0 aliphatic carbocycles. The normalized spacial score (nSPS) is 16.8. The smallest absolute Gasteiger partial charge is 0.274 e. The zero-order chi connectivity index (χ0) is 17.9. The fourth-order valence-corrected chi connectivity index (χ4v) is 4.24. The molecule has 3 heterocycles. The standard InChI is InChI=1S/C20H19N3O2S/c24-19-11-10-16(21-23(19)14-15-6-2-1-3-7-15)20(25)22-12-4-8-17(22)18-9-5-13-26-18/h1-3,5-7,9-11,13,17H,4,8,12,14H2. The van der Waals surface area contributed by atoms with Crippen LogP contribution in [0.1, 0.15) is 39.8 Å². The SMILES string of the molecule is O=C(c1ccc(=O)n(Cc2ccccc2)n1)N1CCCC1c1cccs1. The zero-order valence-corrected chi connectivity index (χ0v) is 15.1. The molecule has 4 rings (SSSR count). The quantitative estimate of drug-likeness (QED) is 0.713. The first-order valence-electron chi connectivity index (χ1n) is 8.69. The molecule has 1 amide bonds. The van der Waals surface area contributed by atoms with Gasteiger partial charge < -0.3 is 4.90 Å². The van der Waals surface area contributed by atoms with Crippen LogP contribution in [0.5, 0.6) is 0 Å². The molecule has 0 N–H and O–H groups in total. The summed E-state index contributed by atoms with van der Waals surface area (Å²) in [6.45, 7) is 1.08. The Hall–Kier alpha value is -2.73. The van der Waals surface area contributed by atoms with E-state index in [9.17, 15) is 9.59 Å². The number of benzene rings is 1. The second kappa shape index (κ2) is 7.25. The molecule has 3 aromatic rings. The van der Waals surface area contributed by atoms with Gasteiger partial charge in [0.1, 0.15) is 5.69 Å². The summed E-state index contributed by atoms with van der Waals surface area (Å²) in [6, 6.07) is 16.8. The van der Waals surface area contributed by atoms with Crippen LogP contribution >= 0.6 is 11.3 Å². The summed E-state index contributed by atoms with van der Waals surface area (Å²) in [4.78, 5) is 28.3. The molecule has 1 aliphatic rings. The maximum atomic E-state index is 13.0. The van der Waals surface area contributed by atoms with Gasteiger partial charge in [-0.05, 0) is 35.9 Å². The lowest BCUT2D eigenvalue weighted by molar-refractivity contribution is 0.0729. The molecule has 0 spiro atoms. The molecule has 1 fully saturated rings. The number of thiophene rings is 1. The largest absolute Gasteiger partial charge is 0.329 e. The van der Waals surface area contributed by atoms with Crippen LogP contribution in [0.25, 0.3) is 0 Å². The first kappa shape index (κ1) is 16.7. The van der Waals surface area contributed by atoms with Crippen molar-refractivity contribution in [3.63, 3.8) is 0 Å². The lowest BCUT2D eigenvalue weighted by atomic mass is 10.2. The third kappa shape index (κ3) is 3.32. The lowest BCUT2D eigenvalue weighted by Gasteiger charge is -2.23. The van der Waals surface area contributed by atoms with E-state index in [-0.39, 0.29) is 17.5 Å². The van der Waals surface area contributed by atoms with Crippen molar-refractivity contribution in [1.29, 1.82) is 0 Å². The number of carbonyl (C=O) groups is 1. The van der Waals surface area contributed by atoms with E-state index >= 15 is 0 Å². The molecule has 1 atom stereocenters. The molecule has 0 saturated carbocycles. The second-order valence-corrected chi connectivity index (χ2v) is 7.35. The molecule has 1 saturated heterocycles. The molecule has 6 heteroatoms. The summed E-state index contributed by atoms with van der Waals surface area (Å²) in [5.74, 6) is -0.109. The Morgan fingerprint density at radius 1 is 1.12 bits per heavy atom. The van der Waals surface area contributed by atoms with Gasteiger partial charge in [-0.3, -0.25) is 9.59 Å². The summed E-state index contributed by atoms with van der Waals surface area (Å²) in [7, 11) is 0. The Kier molecular flexibility index (Phi) is 4.67. The van der Waals surface area contributed by atoms with Crippen molar-refractivity contribution in [1.82, 2.24) is 14.7 Å². The van der Waals surface area contributed by atoms with Crippen LogP contribution in [-0.2, 0) is 6.54 Å². The van der Waals surface area contributed by atoms with Crippen molar-refractivity contribution in [2.24, 2.45) is 0 Å². The van der Waals surface area contributed by atoms with Gasteiger partial charge in [0.05, 0.1) is 12.6 Å². The summed E-state index contributed by atoms with van der Waals surface area (Å²) in [5.41, 5.74) is 1.09. The molecule has 5 nitrogen and oxygen atoms in total. The van der Waals surface area contributed by atoms with Crippen molar-refractivity contribution < 1.29 is 4.79 Å². The number of hydrogen-bond acceptors (Lipinski definition) is 4. The second-order valence-electron chi connectivity index (χ2n) is 6.37. The van der Waals surface area contributed by atoms with Gasteiger partial charge in [0.25, 0.3) is 11.5 Å². The van der Waals surface area contributed by atoms with Gasteiger partial charge in [-0.1, -0.05) is 36.4 Å². The summed E-state index contributed by atoms with van der Waals surface area (Å²) in [5, 5.41) is 6.38. The Bertz CT molecular complexity index is 951. The molecular weight excluding hydrogens is 346 g/mol. The predicted octanol–water partition coefficient (Wildman–Crippen LogP) is 3.33. The number of rotatable bonds is 4. The highest BCUT2D eigenvalue weighted by Gasteiger charge is 2.32. The van der Waals surface area contributed by atoms with Crippen molar-refractivity contribution in [3.8, 4) is 0 Å². The highest BCUT2D eigenvalue weighted by Crippen LogP contribution is 2.35. The minimum atomic E-state index is -0.207. The van der Waals surface area contributed by atoms with Crippen molar-refractivity contribution in [3.05, 3.63) is 86.5 Å². The molecule has 1 aromatic carbocycles. The van der Waals surface area contributed by atoms with Crippen LogP contribution in [0.4, 0.5) is 0 Å². The van der Waals surface area contributed by atoms with E-state index in [1.54, 1.807) is 11.3 Å². The summed E-state index contributed by atoms with van der Waals surface area (Å²) < 4.78 is 1.36. The Morgan fingerprint density at radius 2 is 1.96 bits per heavy atom. The molecular formula is C20H19N3O2S. The van der Waals surface area contributed by atoms with Crippen LogP contribution in [0.15, 0.2) is 64.8 Å². The topological polar surface area (TPSA) is 55.2 Å².